The molecule has 0 aromatic heterocycles. The number of rotatable bonds is 5. The normalized spacial score (nSPS) is 45.0. The summed E-state index contributed by atoms with van der Waals surface area (Å²) in [6.45, 7) is 0. The van der Waals surface area contributed by atoms with Crippen molar-refractivity contribution in [2.75, 3.05) is 0 Å². The van der Waals surface area contributed by atoms with Crippen LogP contribution in [-0.4, -0.2) is 23.0 Å². The molecule has 0 bridgehead atoms. The topological polar surface area (TPSA) is 27.0 Å². The van der Waals surface area contributed by atoms with Gasteiger partial charge in [-0.3, -0.25) is 4.90 Å². The van der Waals surface area contributed by atoms with Crippen molar-refractivity contribution in [1.29, 1.82) is 5.26 Å². The fourth-order valence-corrected chi connectivity index (χ4v) is 15.2. The van der Waals surface area contributed by atoms with Crippen LogP contribution in [0.25, 0.3) is 0 Å². The molecule has 8 fully saturated rings. The van der Waals surface area contributed by atoms with Gasteiger partial charge in [-0.1, -0.05) is 154 Å². The lowest BCUT2D eigenvalue weighted by molar-refractivity contribution is -0.142. The highest BCUT2D eigenvalue weighted by molar-refractivity contribution is 5.16. The van der Waals surface area contributed by atoms with Gasteiger partial charge in [-0.15, -0.1) is 0 Å². The molecule has 0 N–H and O–H groups in total. The van der Waals surface area contributed by atoms with Gasteiger partial charge in [0.25, 0.3) is 0 Å². The zero-order chi connectivity index (χ0) is 30.2. The van der Waals surface area contributed by atoms with E-state index in [4.69, 9.17) is 0 Å². The van der Waals surface area contributed by atoms with Crippen LogP contribution in [0.4, 0.5) is 0 Å². The summed E-state index contributed by atoms with van der Waals surface area (Å²) in [4.78, 5) is 3.49. The molecular weight excluding hydrogens is 544 g/mol. The largest absolute Gasteiger partial charge is 0.293 e. The van der Waals surface area contributed by atoms with Crippen molar-refractivity contribution in [2.45, 2.75) is 198 Å². The average Bonchev–Trinajstić information content (AvgIpc) is 3.46. The lowest BCUT2D eigenvalue weighted by Crippen LogP contribution is -2.65. The minimum absolute atomic E-state index is 0.346. The zero-order valence-electron chi connectivity index (χ0n) is 29.3. The third-order valence-corrected chi connectivity index (χ3v) is 16.7. The first-order chi connectivity index (χ1) is 22.3. The maximum absolute atomic E-state index is 11.6. The van der Waals surface area contributed by atoms with E-state index in [0.29, 0.717) is 17.8 Å². The van der Waals surface area contributed by atoms with E-state index in [1.807, 2.05) is 0 Å². The molecule has 1 aliphatic heterocycles. The molecule has 8 unspecified atom stereocenters. The molecule has 45 heavy (non-hydrogen) atoms. The summed E-state index contributed by atoms with van der Waals surface area (Å²) in [5.41, 5.74) is 0. The molecule has 252 valence electrons. The molecule has 8 rings (SSSR count). The van der Waals surface area contributed by atoms with E-state index in [-0.39, 0.29) is 0 Å². The van der Waals surface area contributed by atoms with Crippen molar-refractivity contribution >= 4 is 0 Å². The van der Waals surface area contributed by atoms with Crippen LogP contribution in [0.1, 0.15) is 180 Å². The summed E-state index contributed by atoms with van der Waals surface area (Å²) in [6, 6.07) is 5.91. The van der Waals surface area contributed by atoms with E-state index < -0.39 is 0 Å². The van der Waals surface area contributed by atoms with Crippen LogP contribution in [-0.2, 0) is 0 Å². The van der Waals surface area contributed by atoms with Crippen LogP contribution in [0.2, 0.25) is 0 Å². The van der Waals surface area contributed by atoms with Crippen molar-refractivity contribution in [1.82, 2.24) is 4.90 Å². The van der Waals surface area contributed by atoms with Gasteiger partial charge in [-0.2, -0.15) is 5.26 Å². The predicted octanol–water partition coefficient (Wildman–Crippen LogP) is 11.7. The Morgan fingerprint density at radius 1 is 0.356 bits per heavy atom. The Hall–Kier alpha value is -0.550. The fraction of sp³-hybridized carbons (Fsp3) is 0.977. The lowest BCUT2D eigenvalue weighted by atomic mass is 9.46. The summed E-state index contributed by atoms with van der Waals surface area (Å²) >= 11 is 0. The summed E-state index contributed by atoms with van der Waals surface area (Å²) < 4.78 is 0. The Bertz CT molecular complexity index is 904. The Kier molecular flexibility index (Phi) is 10.2. The number of nitrogens with zero attached hydrogens (tertiary/aromatic N) is 2. The van der Waals surface area contributed by atoms with E-state index in [1.54, 1.807) is 0 Å². The second kappa shape index (κ2) is 14.5. The Labute approximate surface area is 278 Å². The highest BCUT2D eigenvalue weighted by atomic mass is 15.3. The molecule has 0 amide bonds. The lowest BCUT2D eigenvalue weighted by Gasteiger charge is -2.63. The van der Waals surface area contributed by atoms with E-state index >= 15 is 0 Å². The summed E-state index contributed by atoms with van der Waals surface area (Å²) in [7, 11) is 0. The van der Waals surface area contributed by atoms with E-state index in [1.165, 1.54) is 180 Å². The molecule has 0 aromatic carbocycles. The molecule has 7 saturated carbocycles. The summed E-state index contributed by atoms with van der Waals surface area (Å²) in [5.74, 6) is 8.82. The van der Waals surface area contributed by atoms with Crippen molar-refractivity contribution in [3.05, 3.63) is 0 Å². The molecule has 0 aromatic rings. The number of nitriles is 1. The fourth-order valence-electron chi connectivity index (χ4n) is 15.2. The maximum atomic E-state index is 11.6. The second-order valence-electron chi connectivity index (χ2n) is 18.5. The first-order valence-electron chi connectivity index (χ1n) is 21.5. The zero-order valence-corrected chi connectivity index (χ0v) is 29.3. The van der Waals surface area contributed by atoms with Crippen LogP contribution in [0.5, 0.6) is 0 Å². The third-order valence-electron chi connectivity index (χ3n) is 16.7. The average molecular weight is 615 g/mol. The molecule has 8 aliphatic rings. The van der Waals surface area contributed by atoms with Crippen molar-refractivity contribution < 1.29 is 0 Å². The first kappa shape index (κ1) is 31.7. The summed E-state index contributed by atoms with van der Waals surface area (Å²) in [6.07, 6.45) is 41.4. The molecule has 7 aliphatic carbocycles. The van der Waals surface area contributed by atoms with Crippen LogP contribution in [0, 0.1) is 76.4 Å². The number of fused-ring (bicyclic) bond motifs is 3. The van der Waals surface area contributed by atoms with Gasteiger partial charge < -0.3 is 0 Å². The Morgan fingerprint density at radius 3 is 1.02 bits per heavy atom. The molecule has 8 atom stereocenters. The number of likely N-dealkylation sites (tertiary alicyclic amines) is 1. The Morgan fingerprint density at radius 2 is 0.667 bits per heavy atom. The third kappa shape index (κ3) is 6.01. The molecule has 0 radical (unpaired) electrons. The SMILES string of the molecule is N#CC1C(C2CCCCC2)C(C2CCCCC2)C(N2C3CCCCC3C3CCCCC32)C(C2CCCCC2)C1C1CCCCC1. The van der Waals surface area contributed by atoms with E-state index in [9.17, 15) is 5.26 Å². The molecular formula is C43H70N2. The molecule has 2 heteroatoms. The predicted molar refractivity (Wildman–Crippen MR) is 186 cm³/mol. The van der Waals surface area contributed by atoms with Crippen LogP contribution in [0.3, 0.4) is 0 Å². The number of hydrogen-bond acceptors (Lipinski definition) is 2. The highest BCUT2D eigenvalue weighted by Gasteiger charge is 2.63. The van der Waals surface area contributed by atoms with Gasteiger partial charge in [0.1, 0.15) is 0 Å². The van der Waals surface area contributed by atoms with Gasteiger partial charge in [-0.05, 0) is 84.9 Å². The van der Waals surface area contributed by atoms with Gasteiger partial charge >= 0.3 is 0 Å². The maximum Gasteiger partial charge on any atom is 0.0662 e. The first-order valence-corrected chi connectivity index (χ1v) is 21.5. The monoisotopic (exact) mass is 615 g/mol. The van der Waals surface area contributed by atoms with Crippen molar-refractivity contribution in [3.63, 3.8) is 0 Å². The van der Waals surface area contributed by atoms with Gasteiger partial charge in [0.15, 0.2) is 0 Å². The van der Waals surface area contributed by atoms with Crippen molar-refractivity contribution in [2.24, 2.45) is 65.1 Å². The van der Waals surface area contributed by atoms with Crippen LogP contribution in [0.15, 0.2) is 0 Å². The van der Waals surface area contributed by atoms with Crippen LogP contribution >= 0.6 is 0 Å². The van der Waals surface area contributed by atoms with Gasteiger partial charge in [0, 0.05) is 18.1 Å². The summed E-state index contributed by atoms with van der Waals surface area (Å²) in [5, 5.41) is 11.6. The molecule has 0 spiro atoms. The molecule has 1 saturated heterocycles. The number of hydrogen-bond donors (Lipinski definition) is 0. The van der Waals surface area contributed by atoms with Crippen LogP contribution < -0.4 is 0 Å². The van der Waals surface area contributed by atoms with Gasteiger partial charge in [0.05, 0.1) is 12.0 Å². The molecule has 2 nitrogen and oxygen atoms in total. The Balaban J connectivity index is 1.30. The highest BCUT2D eigenvalue weighted by Crippen LogP contribution is 2.63. The molecule has 1 heterocycles. The standard InChI is InChI=1S/C43H70N2/c44-29-36-39(30-17-5-1-6-18-30)41(32-21-9-3-10-22-32)43(45-37-27-15-13-25-34(37)35-26-14-16-28-38(35)45)42(33-23-11-4-12-24-33)40(36)31-19-7-2-8-20-31/h30-43H,1-28H2. The smallest absolute Gasteiger partial charge is 0.0662 e. The van der Waals surface area contributed by atoms with Crippen molar-refractivity contribution in [3.8, 4) is 6.07 Å². The van der Waals surface area contributed by atoms with E-state index in [2.05, 4.69) is 11.0 Å². The van der Waals surface area contributed by atoms with Gasteiger partial charge in [0.2, 0.25) is 0 Å². The minimum Gasteiger partial charge on any atom is -0.293 e. The van der Waals surface area contributed by atoms with E-state index in [0.717, 1.165) is 65.5 Å². The minimum atomic E-state index is 0.346. The quantitative estimate of drug-likeness (QED) is 0.308. The van der Waals surface area contributed by atoms with Gasteiger partial charge in [-0.25, -0.2) is 0 Å². The second-order valence-corrected chi connectivity index (χ2v) is 18.5.